The van der Waals surface area contributed by atoms with E-state index in [1.165, 1.54) is 13.3 Å². The first-order chi connectivity index (χ1) is 16.4. The zero-order valence-electron chi connectivity index (χ0n) is 19.8. The van der Waals surface area contributed by atoms with Crippen LogP contribution in [0.15, 0.2) is 21.9 Å². The lowest BCUT2D eigenvalue weighted by Crippen LogP contribution is -2.55. The van der Waals surface area contributed by atoms with Gasteiger partial charge in [0.15, 0.2) is 6.23 Å². The van der Waals surface area contributed by atoms with Gasteiger partial charge in [-0.3, -0.25) is 37.5 Å². The molecule has 15 heteroatoms. The highest BCUT2D eigenvalue weighted by Crippen LogP contribution is 2.58. The molecule has 14 nitrogen and oxygen atoms in total. The average Bonchev–Trinajstić information content (AvgIpc) is 3.02. The molecule has 3 heterocycles. The van der Waals surface area contributed by atoms with Crippen molar-refractivity contribution in [3.63, 3.8) is 0 Å². The van der Waals surface area contributed by atoms with E-state index < -0.39 is 67.0 Å². The molecule has 2 aliphatic rings. The number of carbonyl (C=O) groups is 2. The van der Waals surface area contributed by atoms with Crippen molar-refractivity contribution in [1.29, 1.82) is 0 Å². The topological polar surface area (TPSA) is 187 Å². The van der Waals surface area contributed by atoms with E-state index in [0.29, 0.717) is 0 Å². The molecule has 2 fully saturated rings. The number of nitrogens with two attached hydrogens (primary N) is 1. The molecule has 1 aromatic heterocycles. The lowest BCUT2D eigenvalue weighted by Gasteiger charge is -2.35. The third kappa shape index (κ3) is 6.26. The molecule has 196 valence electrons. The summed E-state index contributed by atoms with van der Waals surface area (Å²) in [5.41, 5.74) is 3.75. The van der Waals surface area contributed by atoms with E-state index in [4.69, 9.17) is 28.8 Å². The highest BCUT2D eigenvalue weighted by atomic mass is 31.2. The molecular weight excluding hydrogens is 489 g/mol. The van der Waals surface area contributed by atoms with Gasteiger partial charge in [0.1, 0.15) is 12.2 Å². The summed E-state index contributed by atoms with van der Waals surface area (Å²) in [5, 5.41) is 0. The number of phosphoric acid groups is 1. The van der Waals surface area contributed by atoms with Gasteiger partial charge in [0.25, 0.3) is 5.56 Å². The summed E-state index contributed by atoms with van der Waals surface area (Å²) < 4.78 is 46.1. The second-order valence-corrected chi connectivity index (χ2v) is 10.4. The number of nitrogens with one attached hydrogen (secondary N) is 1. The monoisotopic (exact) mass is 519 g/mol. The number of methoxy groups -OCH3 is 1. The number of carbonyl (C=O) groups excluding carboxylic acids is 2. The Morgan fingerprint density at radius 2 is 2.09 bits per heavy atom. The van der Waals surface area contributed by atoms with Crippen molar-refractivity contribution in [2.75, 3.05) is 20.3 Å². The maximum absolute atomic E-state index is 13.1. The van der Waals surface area contributed by atoms with Crippen LogP contribution >= 0.6 is 7.82 Å². The lowest BCUT2D eigenvalue weighted by atomic mass is 9.93. The molecule has 2 aliphatic heterocycles. The molecule has 35 heavy (non-hydrogen) atoms. The standard InChI is InChI=1S/C20H30N3O11P/c1-11(2)32-17(26)12(9-15(25)29-4)6-8-30-35(28)31-10-13-16(34-35)20(3,21)18(33-13)23-7-5-14(24)22-19(23)27/h5,7,11-13,16,18H,6,8-10,21H2,1-4H3,(H,22,24,27)/t12-,13-,16-,18-,20-,35+/m1/s1. The molecule has 0 radical (unpaired) electrons. The van der Waals surface area contributed by atoms with Gasteiger partial charge in [0.05, 0.1) is 44.3 Å². The highest BCUT2D eigenvalue weighted by Gasteiger charge is 2.59. The van der Waals surface area contributed by atoms with Gasteiger partial charge in [-0.2, -0.15) is 0 Å². The highest BCUT2D eigenvalue weighted by molar-refractivity contribution is 7.48. The molecule has 3 N–H and O–H groups in total. The minimum Gasteiger partial charge on any atom is -0.469 e. The first-order valence-corrected chi connectivity index (χ1v) is 12.4. The molecule has 0 unspecified atom stereocenters. The number of nitrogens with zero attached hydrogens (tertiary/aromatic N) is 1. The molecule has 6 atom stereocenters. The Morgan fingerprint density at radius 1 is 1.37 bits per heavy atom. The van der Waals surface area contributed by atoms with Crippen molar-refractivity contribution in [1.82, 2.24) is 9.55 Å². The van der Waals surface area contributed by atoms with E-state index in [0.717, 1.165) is 10.6 Å². The number of aromatic nitrogens is 2. The number of esters is 2. The first kappa shape index (κ1) is 27.2. The summed E-state index contributed by atoms with van der Waals surface area (Å²) in [4.78, 5) is 49.7. The van der Waals surface area contributed by atoms with Crippen LogP contribution in [0.5, 0.6) is 0 Å². The van der Waals surface area contributed by atoms with Gasteiger partial charge in [0.2, 0.25) is 0 Å². The predicted molar refractivity (Wildman–Crippen MR) is 118 cm³/mol. The number of ether oxygens (including phenoxy) is 3. The molecule has 1 aromatic rings. The molecule has 0 aromatic carbocycles. The molecule has 0 saturated carbocycles. The Morgan fingerprint density at radius 3 is 2.71 bits per heavy atom. The predicted octanol–water partition coefficient (Wildman–Crippen LogP) is 0.213. The van der Waals surface area contributed by atoms with Gasteiger partial charge >= 0.3 is 25.5 Å². The maximum atomic E-state index is 13.1. The third-order valence-corrected chi connectivity index (χ3v) is 7.02. The fourth-order valence-corrected chi connectivity index (χ4v) is 5.33. The van der Waals surface area contributed by atoms with Crippen LogP contribution in [-0.4, -0.2) is 65.7 Å². The zero-order valence-corrected chi connectivity index (χ0v) is 20.7. The van der Waals surface area contributed by atoms with Gasteiger partial charge in [-0.15, -0.1) is 0 Å². The van der Waals surface area contributed by atoms with E-state index in [2.05, 4.69) is 9.72 Å². The van der Waals surface area contributed by atoms with E-state index >= 15 is 0 Å². The van der Waals surface area contributed by atoms with Crippen LogP contribution < -0.4 is 17.0 Å². The van der Waals surface area contributed by atoms with Crippen LogP contribution in [0, 0.1) is 5.92 Å². The summed E-state index contributed by atoms with van der Waals surface area (Å²) >= 11 is 0. The van der Waals surface area contributed by atoms with Crippen molar-refractivity contribution in [3.8, 4) is 0 Å². The fourth-order valence-electron chi connectivity index (χ4n) is 3.83. The number of hydrogen-bond donors (Lipinski definition) is 2. The molecule has 0 bridgehead atoms. The summed E-state index contributed by atoms with van der Waals surface area (Å²) in [7, 11) is -2.93. The van der Waals surface area contributed by atoms with Gasteiger partial charge in [-0.1, -0.05) is 0 Å². The third-order valence-electron chi connectivity index (χ3n) is 5.57. The van der Waals surface area contributed by atoms with E-state index in [1.807, 2.05) is 0 Å². The number of H-pyrrole nitrogens is 1. The minimum atomic E-state index is -4.13. The Bertz CT molecular complexity index is 1100. The maximum Gasteiger partial charge on any atom is 0.475 e. The van der Waals surface area contributed by atoms with Crippen molar-refractivity contribution >= 4 is 19.8 Å². The molecule has 3 rings (SSSR count). The smallest absolute Gasteiger partial charge is 0.469 e. The van der Waals surface area contributed by atoms with Gasteiger partial charge in [-0.05, 0) is 27.2 Å². The van der Waals surface area contributed by atoms with E-state index in [9.17, 15) is 23.7 Å². The number of hydrogen-bond acceptors (Lipinski definition) is 12. The zero-order chi connectivity index (χ0) is 26.0. The Labute approximate surface area is 200 Å². The summed E-state index contributed by atoms with van der Waals surface area (Å²) in [5.74, 6) is -2.12. The number of rotatable bonds is 9. The number of aromatic amines is 1. The Balaban J connectivity index is 1.67. The van der Waals surface area contributed by atoms with Crippen LogP contribution in [0.3, 0.4) is 0 Å². The number of fused-ring (bicyclic) bond motifs is 1. The average molecular weight is 519 g/mol. The Hall–Kier alpha value is -2.35. The molecule has 0 spiro atoms. The van der Waals surface area contributed by atoms with Gasteiger partial charge in [0, 0.05) is 12.3 Å². The van der Waals surface area contributed by atoms with Crippen LogP contribution in [0.4, 0.5) is 0 Å². The SMILES string of the molecule is COC(=O)C[C@@H](CCO[P@@]1(=O)OC[C@H]2O[C@@H](n3ccc(=O)[nH]c3=O)[C@](C)(N)[C@@H]2O1)C(=O)OC(C)C. The molecule has 0 aliphatic carbocycles. The fraction of sp³-hybridized carbons (Fsp3) is 0.700. The second kappa shape index (κ2) is 10.7. The van der Waals surface area contributed by atoms with Crippen LogP contribution in [0.25, 0.3) is 0 Å². The van der Waals surface area contributed by atoms with Crippen molar-refractivity contribution in [2.45, 2.75) is 63.7 Å². The Kier molecular flexibility index (Phi) is 8.35. The number of phosphoric ester groups is 1. The van der Waals surface area contributed by atoms with Crippen LogP contribution in [0.2, 0.25) is 0 Å². The van der Waals surface area contributed by atoms with Crippen molar-refractivity contribution in [2.24, 2.45) is 11.7 Å². The second-order valence-electron chi connectivity index (χ2n) is 8.76. The summed E-state index contributed by atoms with van der Waals surface area (Å²) in [6.07, 6.45) is -2.22. The molecule has 2 saturated heterocycles. The minimum absolute atomic E-state index is 0.0166. The van der Waals surface area contributed by atoms with Gasteiger partial charge in [-0.25, -0.2) is 9.36 Å². The van der Waals surface area contributed by atoms with Crippen LogP contribution in [-0.2, 0) is 41.9 Å². The summed E-state index contributed by atoms with van der Waals surface area (Å²) in [6, 6.07) is 1.14. The largest absolute Gasteiger partial charge is 0.475 e. The first-order valence-electron chi connectivity index (χ1n) is 11.0. The molecule has 0 amide bonds. The van der Waals surface area contributed by atoms with Crippen LogP contribution in [0.1, 0.15) is 39.8 Å². The summed E-state index contributed by atoms with van der Waals surface area (Å²) in [6.45, 7) is 4.43. The quantitative estimate of drug-likeness (QED) is 0.334. The lowest BCUT2D eigenvalue weighted by molar-refractivity contribution is -0.157. The normalized spacial score (nSPS) is 31.1. The van der Waals surface area contributed by atoms with Crippen molar-refractivity contribution in [3.05, 3.63) is 33.1 Å². The molecular formula is C20H30N3O11P. The van der Waals surface area contributed by atoms with Gasteiger partial charge < -0.3 is 19.9 Å². The van der Waals surface area contributed by atoms with E-state index in [-0.39, 0.29) is 26.1 Å². The van der Waals surface area contributed by atoms with Crippen molar-refractivity contribution < 1.29 is 41.9 Å². The van der Waals surface area contributed by atoms with E-state index in [1.54, 1.807) is 20.8 Å².